The normalized spacial score (nSPS) is 14.1. The van der Waals surface area contributed by atoms with Gasteiger partial charge in [-0.1, -0.05) is 67.9 Å². The van der Waals surface area contributed by atoms with Gasteiger partial charge in [0.15, 0.2) is 22.7 Å². The molecular formula is C34H32F2O2. The zero-order valence-electron chi connectivity index (χ0n) is 21.7. The van der Waals surface area contributed by atoms with Crippen molar-refractivity contribution in [3.8, 4) is 16.9 Å². The molecule has 5 aromatic rings. The number of rotatable bonds is 8. The molecule has 0 N–H and O–H groups in total. The van der Waals surface area contributed by atoms with E-state index in [0.29, 0.717) is 29.2 Å². The minimum absolute atomic E-state index is 0.0371. The highest BCUT2D eigenvalue weighted by atomic mass is 19.1. The first-order valence-electron chi connectivity index (χ1n) is 13.8. The molecule has 1 aliphatic carbocycles. The van der Waals surface area contributed by atoms with Crippen molar-refractivity contribution in [1.82, 2.24) is 0 Å². The van der Waals surface area contributed by atoms with Crippen LogP contribution in [-0.2, 0) is 19.3 Å². The van der Waals surface area contributed by atoms with E-state index in [1.54, 1.807) is 18.2 Å². The molecule has 194 valence electrons. The summed E-state index contributed by atoms with van der Waals surface area (Å²) in [6.45, 7) is 2.19. The van der Waals surface area contributed by atoms with Crippen LogP contribution in [0.2, 0.25) is 0 Å². The molecule has 0 radical (unpaired) electrons. The molecule has 1 saturated carbocycles. The third kappa shape index (κ3) is 4.80. The molecule has 4 aromatic carbocycles. The summed E-state index contributed by atoms with van der Waals surface area (Å²) in [7, 11) is 0. The van der Waals surface area contributed by atoms with Gasteiger partial charge in [-0.2, -0.15) is 4.39 Å². The Hall–Kier alpha value is -3.66. The minimum Gasteiger partial charge on any atom is -0.487 e. The van der Waals surface area contributed by atoms with Crippen LogP contribution in [0.3, 0.4) is 0 Å². The zero-order valence-corrected chi connectivity index (χ0v) is 21.7. The first-order valence-corrected chi connectivity index (χ1v) is 13.8. The summed E-state index contributed by atoms with van der Waals surface area (Å²) in [5, 5.41) is 1.15. The Labute approximate surface area is 222 Å². The molecule has 0 saturated heterocycles. The first kappa shape index (κ1) is 24.7. The van der Waals surface area contributed by atoms with Gasteiger partial charge in [-0.3, -0.25) is 0 Å². The fourth-order valence-electron chi connectivity index (χ4n) is 5.63. The highest BCUT2D eigenvalue weighted by molar-refractivity contribution is 6.05. The second-order valence-electron chi connectivity index (χ2n) is 10.4. The molecule has 1 fully saturated rings. The topological polar surface area (TPSA) is 22.4 Å². The predicted octanol–water partition coefficient (Wildman–Crippen LogP) is 9.59. The van der Waals surface area contributed by atoms with E-state index in [9.17, 15) is 0 Å². The van der Waals surface area contributed by atoms with Gasteiger partial charge in [0.2, 0.25) is 5.82 Å². The van der Waals surface area contributed by atoms with Crippen LogP contribution in [0.1, 0.15) is 55.7 Å². The summed E-state index contributed by atoms with van der Waals surface area (Å²) in [4.78, 5) is 0. The van der Waals surface area contributed by atoms with Crippen molar-refractivity contribution >= 4 is 21.9 Å². The van der Waals surface area contributed by atoms with E-state index in [1.165, 1.54) is 16.7 Å². The van der Waals surface area contributed by atoms with E-state index in [-0.39, 0.29) is 23.0 Å². The van der Waals surface area contributed by atoms with Crippen LogP contribution >= 0.6 is 0 Å². The zero-order chi connectivity index (χ0) is 26.1. The molecule has 6 rings (SSSR count). The molecule has 1 heterocycles. The molecule has 4 heteroatoms. The monoisotopic (exact) mass is 510 g/mol. The van der Waals surface area contributed by atoms with Gasteiger partial charge < -0.3 is 9.15 Å². The first-order chi connectivity index (χ1) is 18.6. The van der Waals surface area contributed by atoms with Crippen LogP contribution in [0.4, 0.5) is 8.78 Å². The standard InChI is InChI=1S/C34H32F2O2/c1-2-5-22-8-13-24(14-9-22)25-15-10-23(11-16-25)12-17-26-18-19-28-29-20-21-30(37-27-6-3-4-7-27)32(36)34(29)38-33(28)31(26)35/h8-11,13-16,18-21,27H,2-7,12,17H2,1H3. The molecule has 0 amide bonds. The lowest BCUT2D eigenvalue weighted by atomic mass is 9.98. The van der Waals surface area contributed by atoms with E-state index in [1.807, 2.05) is 6.07 Å². The van der Waals surface area contributed by atoms with E-state index in [4.69, 9.17) is 9.15 Å². The maximum atomic E-state index is 15.5. The van der Waals surface area contributed by atoms with Gasteiger partial charge in [0, 0.05) is 10.8 Å². The second kappa shape index (κ2) is 10.6. The fraction of sp³-hybridized carbons (Fsp3) is 0.294. The maximum Gasteiger partial charge on any atom is 0.208 e. The number of aryl methyl sites for hydroxylation is 3. The van der Waals surface area contributed by atoms with Crippen molar-refractivity contribution in [1.29, 1.82) is 0 Å². The third-order valence-electron chi connectivity index (χ3n) is 7.79. The highest BCUT2D eigenvalue weighted by Gasteiger charge is 2.22. The van der Waals surface area contributed by atoms with Crippen molar-refractivity contribution in [2.24, 2.45) is 0 Å². The molecule has 1 aliphatic rings. The van der Waals surface area contributed by atoms with Crippen molar-refractivity contribution in [2.45, 2.75) is 64.4 Å². The SMILES string of the molecule is CCCc1ccc(-c2ccc(CCc3ccc4c(oc5c(F)c(OC6CCCC6)ccc54)c3F)cc2)cc1. The number of halogens is 2. The molecule has 0 spiro atoms. The van der Waals surface area contributed by atoms with Gasteiger partial charge >= 0.3 is 0 Å². The Balaban J connectivity index is 1.19. The summed E-state index contributed by atoms with van der Waals surface area (Å²) >= 11 is 0. The quantitative estimate of drug-likeness (QED) is 0.207. The van der Waals surface area contributed by atoms with E-state index in [2.05, 4.69) is 55.5 Å². The maximum absolute atomic E-state index is 15.5. The Morgan fingerprint density at radius 1 is 0.684 bits per heavy atom. The Kier molecular flexibility index (Phi) is 6.88. The molecule has 38 heavy (non-hydrogen) atoms. The minimum atomic E-state index is -0.549. The predicted molar refractivity (Wildman–Crippen MR) is 150 cm³/mol. The van der Waals surface area contributed by atoms with E-state index >= 15 is 8.78 Å². The number of hydrogen-bond donors (Lipinski definition) is 0. The molecule has 2 nitrogen and oxygen atoms in total. The lowest BCUT2D eigenvalue weighted by molar-refractivity contribution is 0.201. The Morgan fingerprint density at radius 2 is 1.26 bits per heavy atom. The van der Waals surface area contributed by atoms with Crippen LogP contribution in [0, 0.1) is 11.6 Å². The summed E-state index contributed by atoms with van der Waals surface area (Å²) < 4.78 is 42.4. The smallest absolute Gasteiger partial charge is 0.208 e. The fourth-order valence-corrected chi connectivity index (χ4v) is 5.63. The third-order valence-corrected chi connectivity index (χ3v) is 7.79. The van der Waals surface area contributed by atoms with Gasteiger partial charge in [0.25, 0.3) is 0 Å². The van der Waals surface area contributed by atoms with Crippen LogP contribution in [0.5, 0.6) is 5.75 Å². The van der Waals surface area contributed by atoms with Gasteiger partial charge in [-0.05, 0) is 91.0 Å². The molecular weight excluding hydrogens is 478 g/mol. The average Bonchev–Trinajstić information content (AvgIpc) is 3.60. The van der Waals surface area contributed by atoms with E-state index in [0.717, 1.165) is 44.1 Å². The Bertz CT molecular complexity index is 1560. The molecule has 0 aliphatic heterocycles. The van der Waals surface area contributed by atoms with Crippen molar-refractivity contribution in [3.63, 3.8) is 0 Å². The van der Waals surface area contributed by atoms with Gasteiger partial charge in [0.1, 0.15) is 0 Å². The molecule has 0 atom stereocenters. The van der Waals surface area contributed by atoms with Crippen molar-refractivity contribution < 1.29 is 17.9 Å². The summed E-state index contributed by atoms with van der Waals surface area (Å²) in [5.74, 6) is -0.781. The van der Waals surface area contributed by atoms with Crippen molar-refractivity contribution in [2.75, 3.05) is 0 Å². The number of benzene rings is 4. The molecule has 0 bridgehead atoms. The second-order valence-corrected chi connectivity index (χ2v) is 10.4. The van der Waals surface area contributed by atoms with Crippen LogP contribution in [-0.4, -0.2) is 6.10 Å². The van der Waals surface area contributed by atoms with Crippen LogP contribution < -0.4 is 4.74 Å². The summed E-state index contributed by atoms with van der Waals surface area (Å²) in [6, 6.07) is 24.2. The number of ether oxygens (including phenoxy) is 1. The van der Waals surface area contributed by atoms with Crippen LogP contribution in [0.25, 0.3) is 33.1 Å². The number of hydrogen-bond acceptors (Lipinski definition) is 2. The van der Waals surface area contributed by atoms with Gasteiger partial charge in [-0.25, -0.2) is 4.39 Å². The summed E-state index contributed by atoms with van der Waals surface area (Å²) in [6.07, 6.45) is 7.58. The largest absolute Gasteiger partial charge is 0.487 e. The van der Waals surface area contributed by atoms with Gasteiger partial charge in [0.05, 0.1) is 6.10 Å². The Morgan fingerprint density at radius 3 is 1.89 bits per heavy atom. The van der Waals surface area contributed by atoms with Crippen LogP contribution in [0.15, 0.2) is 77.2 Å². The lowest BCUT2D eigenvalue weighted by Crippen LogP contribution is -2.11. The van der Waals surface area contributed by atoms with Gasteiger partial charge in [-0.15, -0.1) is 0 Å². The number of furan rings is 1. The highest BCUT2D eigenvalue weighted by Crippen LogP contribution is 2.37. The van der Waals surface area contributed by atoms with E-state index < -0.39 is 11.6 Å². The lowest BCUT2D eigenvalue weighted by Gasteiger charge is -2.13. The summed E-state index contributed by atoms with van der Waals surface area (Å²) in [5.41, 5.74) is 5.60. The molecule has 0 unspecified atom stereocenters. The number of fused-ring (bicyclic) bond motifs is 3. The average molecular weight is 511 g/mol. The van der Waals surface area contributed by atoms with Crippen molar-refractivity contribution in [3.05, 3.63) is 101 Å². The molecule has 1 aromatic heterocycles.